The summed E-state index contributed by atoms with van der Waals surface area (Å²) in [6, 6.07) is 5.35. The largest absolute Gasteiger partial charge is 0.507 e. The Morgan fingerprint density at radius 1 is 1.40 bits per heavy atom. The van der Waals surface area contributed by atoms with E-state index < -0.39 is 0 Å². The van der Waals surface area contributed by atoms with E-state index >= 15 is 0 Å². The van der Waals surface area contributed by atoms with Gasteiger partial charge in [-0.2, -0.15) is 0 Å². The Morgan fingerprint density at radius 3 is 2.60 bits per heavy atom. The van der Waals surface area contributed by atoms with E-state index in [-0.39, 0.29) is 17.9 Å². The van der Waals surface area contributed by atoms with E-state index in [4.69, 9.17) is 5.11 Å². The molecule has 1 rings (SSSR count). The van der Waals surface area contributed by atoms with E-state index in [9.17, 15) is 5.11 Å². The zero-order valence-electron chi connectivity index (χ0n) is 8.92. The summed E-state index contributed by atoms with van der Waals surface area (Å²) in [5.41, 5.74) is 0.769. The van der Waals surface area contributed by atoms with Crippen molar-refractivity contribution in [1.82, 2.24) is 5.32 Å². The molecule has 0 spiro atoms. The molecule has 0 radical (unpaired) electrons. The number of nitrogens with one attached hydrogen (secondary N) is 1. The van der Waals surface area contributed by atoms with Crippen molar-refractivity contribution in [3.05, 3.63) is 28.2 Å². The van der Waals surface area contributed by atoms with Gasteiger partial charge >= 0.3 is 0 Å². The number of aliphatic hydroxyl groups is 1. The molecule has 3 N–H and O–H groups in total. The average molecular weight is 274 g/mol. The van der Waals surface area contributed by atoms with Crippen LogP contribution in [0.25, 0.3) is 0 Å². The molecular formula is C11H16BrNO2. The second-order valence-electron chi connectivity index (χ2n) is 4.18. The number of aromatic hydroxyl groups is 1. The summed E-state index contributed by atoms with van der Waals surface area (Å²) in [6.07, 6.45) is 0. The fourth-order valence-electron chi connectivity index (χ4n) is 1.06. The fraction of sp³-hybridized carbons (Fsp3) is 0.455. The summed E-state index contributed by atoms with van der Waals surface area (Å²) in [6.45, 7) is 4.61. The fourth-order valence-corrected chi connectivity index (χ4v) is 1.48. The van der Waals surface area contributed by atoms with Crippen molar-refractivity contribution in [3.8, 4) is 5.75 Å². The zero-order valence-corrected chi connectivity index (χ0v) is 10.5. The summed E-state index contributed by atoms with van der Waals surface area (Å²) in [5, 5.41) is 21.6. The minimum Gasteiger partial charge on any atom is -0.507 e. The predicted octanol–water partition coefficient (Wildman–Crippen LogP) is 2.02. The summed E-state index contributed by atoms with van der Waals surface area (Å²) < 4.78 is 0.684. The van der Waals surface area contributed by atoms with Crippen LogP contribution in [0.4, 0.5) is 0 Å². The highest BCUT2D eigenvalue weighted by Gasteiger charge is 2.14. The smallest absolute Gasteiger partial charge is 0.129 e. The van der Waals surface area contributed by atoms with Gasteiger partial charge in [0.15, 0.2) is 0 Å². The number of phenolic OH excluding ortho intramolecular Hbond substituents is 1. The molecule has 15 heavy (non-hydrogen) atoms. The van der Waals surface area contributed by atoms with Gasteiger partial charge in [0, 0.05) is 12.1 Å². The molecule has 1 aromatic carbocycles. The van der Waals surface area contributed by atoms with Gasteiger partial charge < -0.3 is 15.5 Å². The minimum absolute atomic E-state index is 0.0895. The van der Waals surface area contributed by atoms with Crippen LogP contribution in [0.3, 0.4) is 0 Å². The summed E-state index contributed by atoms with van der Waals surface area (Å²) in [4.78, 5) is 0. The Bertz CT molecular complexity index is 339. The number of aliphatic hydroxyl groups excluding tert-OH is 1. The molecule has 0 atom stereocenters. The molecule has 1 aromatic rings. The number of rotatable bonds is 4. The van der Waals surface area contributed by atoms with Gasteiger partial charge in [-0.1, -0.05) is 6.07 Å². The average Bonchev–Trinajstić information content (AvgIpc) is 2.20. The molecule has 0 heterocycles. The Labute approximate surface area is 98.3 Å². The molecule has 0 amide bonds. The Hall–Kier alpha value is -0.580. The Balaban J connectivity index is 2.62. The lowest BCUT2D eigenvalue weighted by atomic mass is 10.1. The monoisotopic (exact) mass is 273 g/mol. The molecule has 0 aromatic heterocycles. The van der Waals surface area contributed by atoms with Gasteiger partial charge in [0.25, 0.3) is 0 Å². The predicted molar refractivity (Wildman–Crippen MR) is 63.8 cm³/mol. The van der Waals surface area contributed by atoms with E-state index in [1.807, 2.05) is 26.0 Å². The first-order valence-electron chi connectivity index (χ1n) is 4.78. The van der Waals surface area contributed by atoms with Crippen molar-refractivity contribution in [2.45, 2.75) is 25.9 Å². The lowest BCUT2D eigenvalue weighted by molar-refractivity contribution is 0.187. The van der Waals surface area contributed by atoms with Crippen molar-refractivity contribution >= 4 is 15.9 Å². The van der Waals surface area contributed by atoms with Crippen molar-refractivity contribution in [2.75, 3.05) is 6.61 Å². The first-order chi connectivity index (χ1) is 6.94. The highest BCUT2D eigenvalue weighted by atomic mass is 79.9. The first kappa shape index (κ1) is 12.5. The van der Waals surface area contributed by atoms with E-state index in [0.717, 1.165) is 5.56 Å². The summed E-state index contributed by atoms with van der Waals surface area (Å²) in [5.74, 6) is 0.236. The third-order valence-corrected chi connectivity index (χ3v) is 2.81. The van der Waals surface area contributed by atoms with Crippen LogP contribution in [0, 0.1) is 0 Å². The van der Waals surface area contributed by atoms with Crippen LogP contribution in [0.5, 0.6) is 5.75 Å². The highest BCUT2D eigenvalue weighted by molar-refractivity contribution is 9.10. The lowest BCUT2D eigenvalue weighted by Crippen LogP contribution is -2.42. The topological polar surface area (TPSA) is 52.5 Å². The molecular weight excluding hydrogens is 258 g/mol. The van der Waals surface area contributed by atoms with Crippen molar-refractivity contribution in [2.24, 2.45) is 0 Å². The van der Waals surface area contributed by atoms with E-state index in [2.05, 4.69) is 21.2 Å². The van der Waals surface area contributed by atoms with Crippen molar-refractivity contribution in [1.29, 1.82) is 0 Å². The van der Waals surface area contributed by atoms with Gasteiger partial charge in [-0.05, 0) is 47.5 Å². The van der Waals surface area contributed by atoms with Gasteiger partial charge in [-0.3, -0.25) is 0 Å². The standard InChI is InChI=1S/C11H16BrNO2/c1-11(2,7-14)13-6-8-3-4-10(15)9(12)5-8/h3-5,13-15H,6-7H2,1-2H3. The quantitative estimate of drug-likeness (QED) is 0.787. The van der Waals surface area contributed by atoms with Crippen LogP contribution < -0.4 is 5.32 Å². The first-order valence-corrected chi connectivity index (χ1v) is 5.57. The second-order valence-corrected chi connectivity index (χ2v) is 5.04. The molecule has 3 nitrogen and oxygen atoms in total. The summed E-state index contributed by atoms with van der Waals surface area (Å²) >= 11 is 3.26. The molecule has 0 saturated heterocycles. The minimum atomic E-state index is -0.287. The molecule has 0 saturated carbocycles. The molecule has 0 bridgehead atoms. The molecule has 0 aliphatic heterocycles. The number of hydrogen-bond donors (Lipinski definition) is 3. The van der Waals surface area contributed by atoms with E-state index in [1.54, 1.807) is 6.07 Å². The number of phenols is 1. The van der Waals surface area contributed by atoms with Crippen LogP contribution in [-0.2, 0) is 6.54 Å². The normalized spacial score (nSPS) is 11.7. The van der Waals surface area contributed by atoms with Crippen LogP contribution in [0.2, 0.25) is 0 Å². The van der Waals surface area contributed by atoms with Gasteiger partial charge in [-0.15, -0.1) is 0 Å². The van der Waals surface area contributed by atoms with Crippen molar-refractivity contribution < 1.29 is 10.2 Å². The third-order valence-electron chi connectivity index (χ3n) is 2.18. The van der Waals surface area contributed by atoms with Gasteiger partial charge in [-0.25, -0.2) is 0 Å². The summed E-state index contributed by atoms with van der Waals surface area (Å²) in [7, 11) is 0. The molecule has 0 unspecified atom stereocenters. The van der Waals surface area contributed by atoms with Crippen LogP contribution in [0.1, 0.15) is 19.4 Å². The number of hydrogen-bond acceptors (Lipinski definition) is 3. The number of benzene rings is 1. The number of halogens is 1. The van der Waals surface area contributed by atoms with Crippen molar-refractivity contribution in [3.63, 3.8) is 0 Å². The SMILES string of the molecule is CC(C)(CO)NCc1ccc(O)c(Br)c1. The van der Waals surface area contributed by atoms with Gasteiger partial charge in [0.1, 0.15) is 5.75 Å². The zero-order chi connectivity index (χ0) is 11.5. The van der Waals surface area contributed by atoms with Crippen LogP contribution in [-0.4, -0.2) is 22.4 Å². The molecule has 84 valence electrons. The lowest BCUT2D eigenvalue weighted by Gasteiger charge is -2.23. The van der Waals surface area contributed by atoms with Crippen LogP contribution in [0.15, 0.2) is 22.7 Å². The second kappa shape index (κ2) is 4.96. The molecule has 4 heteroatoms. The molecule has 0 fully saturated rings. The third kappa shape index (κ3) is 3.81. The van der Waals surface area contributed by atoms with Crippen LogP contribution >= 0.6 is 15.9 Å². The molecule has 0 aliphatic carbocycles. The maximum Gasteiger partial charge on any atom is 0.129 e. The Morgan fingerprint density at radius 2 is 2.07 bits per heavy atom. The van der Waals surface area contributed by atoms with E-state index in [0.29, 0.717) is 11.0 Å². The Kier molecular flexibility index (Phi) is 4.13. The maximum atomic E-state index is 9.31. The maximum absolute atomic E-state index is 9.31. The molecule has 0 aliphatic rings. The van der Waals surface area contributed by atoms with Gasteiger partial charge in [0.05, 0.1) is 11.1 Å². The van der Waals surface area contributed by atoms with Gasteiger partial charge in [0.2, 0.25) is 0 Å². The highest BCUT2D eigenvalue weighted by Crippen LogP contribution is 2.24. The van der Waals surface area contributed by atoms with E-state index in [1.165, 1.54) is 0 Å².